The molecule has 4 saturated heterocycles. The fourth-order valence-corrected chi connectivity index (χ4v) is 8.78. The summed E-state index contributed by atoms with van der Waals surface area (Å²) in [6.45, 7) is 33.2. The van der Waals surface area contributed by atoms with E-state index < -0.39 is 22.8 Å². The Kier molecular flexibility index (Phi) is 12.5. The van der Waals surface area contributed by atoms with E-state index in [-0.39, 0.29) is 25.1 Å². The molecular formula is C52H40BrN9O5. The highest BCUT2D eigenvalue weighted by atomic mass is 79.9. The van der Waals surface area contributed by atoms with Gasteiger partial charge in [-0.15, -0.1) is 0 Å². The molecule has 4 aliphatic rings. The first-order valence-corrected chi connectivity index (χ1v) is 21.6. The predicted octanol–water partition coefficient (Wildman–Crippen LogP) is 11.9. The summed E-state index contributed by atoms with van der Waals surface area (Å²) in [5.41, 5.74) is 3.32. The number of nitrogens with zero attached hydrogens (tertiary/aromatic N) is 8. The Labute approximate surface area is 396 Å². The summed E-state index contributed by atoms with van der Waals surface area (Å²) in [5.74, 6) is 0.208. The first kappa shape index (κ1) is 45.4. The van der Waals surface area contributed by atoms with Gasteiger partial charge in [0.15, 0.2) is 34.0 Å². The number of nitrogens with one attached hydrogen (secondary N) is 1. The van der Waals surface area contributed by atoms with E-state index in [2.05, 4.69) is 35.3 Å². The number of rotatable bonds is 5. The zero-order valence-electron chi connectivity index (χ0n) is 36.2. The Morgan fingerprint density at radius 2 is 1.00 bits per heavy atom. The molecule has 0 bridgehead atoms. The topological polar surface area (TPSA) is 127 Å². The lowest BCUT2D eigenvalue weighted by atomic mass is 9.78. The highest BCUT2D eigenvalue weighted by Crippen LogP contribution is 2.54. The Balaban J connectivity index is 0.000000157. The molecule has 0 aromatic heterocycles. The van der Waals surface area contributed by atoms with E-state index in [9.17, 15) is 14.7 Å². The van der Waals surface area contributed by atoms with Gasteiger partial charge in [-0.2, -0.15) is 0 Å². The third-order valence-corrected chi connectivity index (χ3v) is 12.5. The molecule has 1 atom stereocenters. The number of carbonyl (C=O) groups excluding carboxylic acids is 2. The van der Waals surface area contributed by atoms with Gasteiger partial charge in [0.2, 0.25) is 0 Å². The van der Waals surface area contributed by atoms with Crippen molar-refractivity contribution >= 4 is 79.3 Å². The molecule has 67 heavy (non-hydrogen) atoms. The summed E-state index contributed by atoms with van der Waals surface area (Å²) in [5, 5.41) is 21.1. The zero-order chi connectivity index (χ0) is 47.5. The van der Waals surface area contributed by atoms with Gasteiger partial charge in [0.05, 0.1) is 52.7 Å². The van der Waals surface area contributed by atoms with Gasteiger partial charge < -0.3 is 14.6 Å². The van der Waals surface area contributed by atoms with Crippen LogP contribution >= 0.6 is 15.9 Å². The lowest BCUT2D eigenvalue weighted by Crippen LogP contribution is -2.70. The number of amides is 4. The van der Waals surface area contributed by atoms with Crippen LogP contribution < -0.4 is 19.6 Å². The normalized spacial score (nSPS) is 18.3. The number of aryl methyl sites for hydroxylation is 2. The maximum absolute atomic E-state index is 14.0. The lowest BCUT2D eigenvalue weighted by molar-refractivity contribution is -0.153. The van der Waals surface area contributed by atoms with Gasteiger partial charge >= 0.3 is 12.1 Å². The van der Waals surface area contributed by atoms with Crippen molar-refractivity contribution in [2.24, 2.45) is 0 Å². The van der Waals surface area contributed by atoms with Gasteiger partial charge in [-0.1, -0.05) is 112 Å². The third-order valence-electron chi connectivity index (χ3n) is 12.0. The summed E-state index contributed by atoms with van der Waals surface area (Å²) < 4.78 is 11.9. The first-order chi connectivity index (χ1) is 32.3. The van der Waals surface area contributed by atoms with Crippen LogP contribution in [0.15, 0.2) is 150 Å². The molecule has 4 aliphatic heterocycles. The molecule has 1 unspecified atom stereocenters. The maximum atomic E-state index is 14.0. The Hall–Kier alpha value is -8.15. The molecule has 0 aliphatic carbocycles. The second-order valence-corrected chi connectivity index (χ2v) is 17.1. The van der Waals surface area contributed by atoms with Crippen LogP contribution in [0.2, 0.25) is 0 Å². The average Bonchev–Trinajstić information content (AvgIpc) is 3.70. The van der Waals surface area contributed by atoms with Crippen molar-refractivity contribution in [3.8, 4) is 0 Å². The van der Waals surface area contributed by atoms with Crippen LogP contribution in [-0.2, 0) is 15.2 Å². The van der Waals surface area contributed by atoms with E-state index in [0.717, 1.165) is 21.3 Å². The van der Waals surface area contributed by atoms with Gasteiger partial charge in [0, 0.05) is 27.2 Å². The van der Waals surface area contributed by atoms with Crippen molar-refractivity contribution in [3.05, 3.63) is 212 Å². The predicted molar refractivity (Wildman–Crippen MR) is 260 cm³/mol. The SMILES string of the molecule is [C-]#[N+]c1ccc(N2C(=N)C3(COC3)N(c3ccc(C)cc3)C2=O)cc1.[C-]#[N+]c1ccc(N2C(=O)N(c3ccc(C)cc3)C3(COC3)C2(O)c2cccc([N+]#[C-])c2)cc1.[C-]#[N+]c1cccc(Br)c1. The number of halogens is 1. The third kappa shape index (κ3) is 7.93. The van der Waals surface area contributed by atoms with E-state index in [1.54, 1.807) is 94.7 Å². The van der Waals surface area contributed by atoms with E-state index in [0.29, 0.717) is 58.6 Å². The summed E-state index contributed by atoms with van der Waals surface area (Å²) >= 11 is 3.26. The maximum Gasteiger partial charge on any atom is 0.335 e. The minimum Gasteiger partial charge on any atom is -0.376 e. The molecule has 0 radical (unpaired) electrons. The summed E-state index contributed by atoms with van der Waals surface area (Å²) in [6.07, 6.45) is 0. The first-order valence-electron chi connectivity index (χ1n) is 20.8. The molecule has 0 saturated carbocycles. The zero-order valence-corrected chi connectivity index (χ0v) is 37.8. The molecule has 4 heterocycles. The molecule has 4 fully saturated rings. The van der Waals surface area contributed by atoms with Gasteiger partial charge in [-0.05, 0) is 80.1 Å². The van der Waals surface area contributed by atoms with Crippen LogP contribution in [0, 0.1) is 45.5 Å². The number of carbonyl (C=O) groups is 2. The summed E-state index contributed by atoms with van der Waals surface area (Å²) in [6, 6.07) is 41.8. The number of aliphatic hydroxyl groups is 1. The van der Waals surface area contributed by atoms with E-state index in [1.165, 1.54) is 9.80 Å². The molecule has 14 nitrogen and oxygen atoms in total. The van der Waals surface area contributed by atoms with Gasteiger partial charge in [0.25, 0.3) is 0 Å². The molecule has 330 valence electrons. The monoisotopic (exact) mass is 949 g/mol. The van der Waals surface area contributed by atoms with Crippen LogP contribution in [-0.4, -0.2) is 60.5 Å². The number of anilines is 4. The van der Waals surface area contributed by atoms with Crippen molar-refractivity contribution in [2.75, 3.05) is 46.0 Å². The Bertz CT molecular complexity index is 3050. The largest absolute Gasteiger partial charge is 0.376 e. The summed E-state index contributed by atoms with van der Waals surface area (Å²) in [7, 11) is 0. The molecule has 4 amide bonds. The van der Waals surface area contributed by atoms with Crippen LogP contribution in [0.1, 0.15) is 16.7 Å². The van der Waals surface area contributed by atoms with Gasteiger partial charge in [-0.25, -0.2) is 33.9 Å². The number of urea groups is 2. The average molecular weight is 951 g/mol. The fourth-order valence-electron chi connectivity index (χ4n) is 8.39. The highest BCUT2D eigenvalue weighted by Gasteiger charge is 2.72. The highest BCUT2D eigenvalue weighted by molar-refractivity contribution is 9.10. The van der Waals surface area contributed by atoms with Crippen molar-refractivity contribution in [3.63, 3.8) is 0 Å². The van der Waals surface area contributed by atoms with Crippen LogP contribution in [0.3, 0.4) is 0 Å². The molecule has 6 aromatic rings. The van der Waals surface area contributed by atoms with Gasteiger partial charge in [-0.3, -0.25) is 20.1 Å². The van der Waals surface area contributed by atoms with E-state index in [1.807, 2.05) is 74.5 Å². The fraction of sp³-hybridized carbons (Fsp3) is 0.173. The Morgan fingerprint density at radius 1 is 0.552 bits per heavy atom. The standard InChI is InChI=1S/C26H20N4O3.C19H16N4O2.C7H4BrN/c1-18-7-11-22(12-8-18)29-24(31)30(23-13-9-20(27-2)10-14-23)26(32,25(29)16-33-17-25)19-5-4-6-21(15-19)28-3;1-13-3-7-16(8-4-13)23-18(24)22(17(20)19(23)11-25-12-19)15-9-5-14(21-2)6-10-15;1-9-7-4-2-3-6(8)5-7/h4-15,32H,16-17H2,1H3;3-10,20H,11-12H2,1H3;2-5H. The second-order valence-electron chi connectivity index (χ2n) is 16.2. The van der Waals surface area contributed by atoms with E-state index in [4.69, 9.17) is 41.2 Å². The van der Waals surface area contributed by atoms with Crippen molar-refractivity contribution < 1.29 is 24.2 Å². The van der Waals surface area contributed by atoms with Crippen LogP contribution in [0.4, 0.5) is 55.1 Å². The molecule has 10 rings (SSSR count). The molecule has 15 heteroatoms. The van der Waals surface area contributed by atoms with Crippen molar-refractivity contribution in [1.29, 1.82) is 5.41 Å². The molecule has 2 N–H and O–H groups in total. The van der Waals surface area contributed by atoms with Crippen LogP contribution in [0.5, 0.6) is 0 Å². The molecule has 2 spiro atoms. The summed E-state index contributed by atoms with van der Waals surface area (Å²) in [4.78, 5) is 46.7. The minimum atomic E-state index is -1.81. The number of hydrogen-bond acceptors (Lipinski definition) is 6. The number of ether oxygens (including phenoxy) is 2. The quantitative estimate of drug-likeness (QED) is 0.166. The smallest absolute Gasteiger partial charge is 0.335 e. The van der Waals surface area contributed by atoms with Gasteiger partial charge in [0.1, 0.15) is 11.4 Å². The lowest BCUT2D eigenvalue weighted by Gasteiger charge is -2.52. The van der Waals surface area contributed by atoms with E-state index >= 15 is 0 Å². The molecular weight excluding hydrogens is 911 g/mol. The minimum absolute atomic E-state index is 0.127. The molecule has 6 aromatic carbocycles. The van der Waals surface area contributed by atoms with Crippen molar-refractivity contribution in [1.82, 2.24) is 0 Å². The van der Waals surface area contributed by atoms with Crippen molar-refractivity contribution in [2.45, 2.75) is 30.7 Å². The Morgan fingerprint density at radius 3 is 1.45 bits per heavy atom. The number of amidine groups is 1. The second kappa shape index (κ2) is 18.4. The number of benzene rings is 6. The number of hydrogen-bond donors (Lipinski definition) is 2. The van der Waals surface area contributed by atoms with Crippen LogP contribution in [0.25, 0.3) is 19.4 Å².